The Balaban J connectivity index is 2.31. The third kappa shape index (κ3) is 2.56. The van der Waals surface area contributed by atoms with Gasteiger partial charge in [-0.25, -0.2) is 4.98 Å². The Morgan fingerprint density at radius 2 is 2.06 bits per heavy atom. The van der Waals surface area contributed by atoms with Crippen LogP contribution in [0.15, 0.2) is 36.5 Å². The van der Waals surface area contributed by atoms with Crippen molar-refractivity contribution in [1.82, 2.24) is 4.98 Å². The molecule has 0 fully saturated rings. The normalized spacial score (nSPS) is 10.1. The van der Waals surface area contributed by atoms with E-state index in [9.17, 15) is 0 Å². The highest BCUT2D eigenvalue weighted by molar-refractivity contribution is 14.1. The van der Waals surface area contributed by atoms with E-state index in [1.807, 2.05) is 30.3 Å². The molecule has 0 aliphatic carbocycles. The Morgan fingerprint density at radius 3 is 2.75 bits per heavy atom. The number of anilines is 3. The maximum absolute atomic E-state index is 6.10. The molecule has 82 valence electrons. The zero-order valence-corrected chi connectivity index (χ0v) is 11.2. The lowest BCUT2D eigenvalue weighted by Crippen LogP contribution is -1.98. The van der Waals surface area contributed by atoms with Crippen LogP contribution in [0.3, 0.4) is 0 Å². The van der Waals surface area contributed by atoms with Crippen LogP contribution in [0.1, 0.15) is 0 Å². The highest BCUT2D eigenvalue weighted by atomic mass is 127. The number of hydrogen-bond donors (Lipinski definition) is 2. The van der Waals surface area contributed by atoms with E-state index >= 15 is 0 Å². The Labute approximate surface area is 112 Å². The molecule has 1 aromatic heterocycles. The van der Waals surface area contributed by atoms with Gasteiger partial charge in [0.2, 0.25) is 0 Å². The van der Waals surface area contributed by atoms with Crippen LogP contribution < -0.4 is 11.1 Å². The summed E-state index contributed by atoms with van der Waals surface area (Å²) in [6, 6.07) is 9.45. The van der Waals surface area contributed by atoms with Gasteiger partial charge in [-0.15, -0.1) is 0 Å². The number of rotatable bonds is 2. The van der Waals surface area contributed by atoms with Gasteiger partial charge in [-0.05, 0) is 52.9 Å². The van der Waals surface area contributed by atoms with Crippen LogP contribution >= 0.6 is 34.2 Å². The highest BCUT2D eigenvalue weighted by Crippen LogP contribution is 2.28. The first-order valence-corrected chi connectivity index (χ1v) is 6.05. The molecule has 0 aliphatic heterocycles. The highest BCUT2D eigenvalue weighted by Gasteiger charge is 2.03. The average molecular weight is 346 g/mol. The molecule has 0 atom stereocenters. The van der Waals surface area contributed by atoms with Crippen molar-refractivity contribution in [3.8, 4) is 0 Å². The zero-order valence-electron chi connectivity index (χ0n) is 8.24. The maximum atomic E-state index is 6.10. The van der Waals surface area contributed by atoms with E-state index in [1.165, 1.54) is 0 Å². The molecule has 1 heterocycles. The Bertz CT molecular complexity index is 516. The minimum atomic E-state index is 0.456. The van der Waals surface area contributed by atoms with E-state index in [1.54, 1.807) is 6.20 Å². The van der Waals surface area contributed by atoms with Gasteiger partial charge in [-0.1, -0.05) is 11.6 Å². The van der Waals surface area contributed by atoms with Gasteiger partial charge < -0.3 is 11.1 Å². The fraction of sp³-hybridized carbons (Fsp3) is 0. The van der Waals surface area contributed by atoms with Gasteiger partial charge in [0.1, 0.15) is 5.82 Å². The average Bonchev–Trinajstić information content (AvgIpc) is 2.25. The van der Waals surface area contributed by atoms with Crippen LogP contribution in [0.5, 0.6) is 0 Å². The molecular weight excluding hydrogens is 336 g/mol. The fourth-order valence-corrected chi connectivity index (χ4v) is 2.16. The third-order valence-corrected chi connectivity index (χ3v) is 3.02. The molecular formula is C11H9ClIN3. The lowest BCUT2D eigenvalue weighted by Gasteiger charge is -2.09. The second kappa shape index (κ2) is 4.88. The molecule has 3 N–H and O–H groups in total. The number of benzene rings is 1. The topological polar surface area (TPSA) is 50.9 Å². The fourth-order valence-electron chi connectivity index (χ4n) is 1.26. The number of aromatic nitrogens is 1. The van der Waals surface area contributed by atoms with Gasteiger partial charge >= 0.3 is 0 Å². The van der Waals surface area contributed by atoms with Crippen LogP contribution in [-0.4, -0.2) is 4.98 Å². The van der Waals surface area contributed by atoms with Crippen molar-refractivity contribution in [2.24, 2.45) is 0 Å². The molecule has 2 rings (SSSR count). The molecule has 3 nitrogen and oxygen atoms in total. The van der Waals surface area contributed by atoms with Crippen LogP contribution in [0, 0.1) is 3.57 Å². The van der Waals surface area contributed by atoms with Gasteiger partial charge in [0.25, 0.3) is 0 Å². The summed E-state index contributed by atoms with van der Waals surface area (Å²) in [5, 5.41) is 3.81. The van der Waals surface area contributed by atoms with Crippen molar-refractivity contribution in [3.05, 3.63) is 45.1 Å². The predicted octanol–water partition coefficient (Wildman–Crippen LogP) is 3.67. The quantitative estimate of drug-likeness (QED) is 0.817. The van der Waals surface area contributed by atoms with Gasteiger partial charge in [0.05, 0.1) is 16.4 Å². The number of nitrogens with one attached hydrogen (secondary N) is 1. The maximum Gasteiger partial charge on any atom is 0.147 e. The second-order valence-electron chi connectivity index (χ2n) is 3.19. The summed E-state index contributed by atoms with van der Waals surface area (Å²) in [6.07, 6.45) is 1.65. The molecule has 0 saturated carbocycles. The Morgan fingerprint density at radius 1 is 1.25 bits per heavy atom. The van der Waals surface area contributed by atoms with Gasteiger partial charge in [0.15, 0.2) is 0 Å². The van der Waals surface area contributed by atoms with E-state index in [2.05, 4.69) is 32.9 Å². The lowest BCUT2D eigenvalue weighted by atomic mass is 10.3. The minimum absolute atomic E-state index is 0.456. The molecule has 0 bridgehead atoms. The number of pyridine rings is 1. The predicted molar refractivity (Wildman–Crippen MR) is 76.1 cm³/mol. The van der Waals surface area contributed by atoms with Crippen molar-refractivity contribution >= 4 is 51.4 Å². The summed E-state index contributed by atoms with van der Waals surface area (Å²) in [5.74, 6) is 0.456. The van der Waals surface area contributed by atoms with Crippen molar-refractivity contribution in [3.63, 3.8) is 0 Å². The molecule has 1 aromatic carbocycles. The molecule has 0 radical (unpaired) electrons. The largest absolute Gasteiger partial charge is 0.382 e. The van der Waals surface area contributed by atoms with Gasteiger partial charge in [-0.3, -0.25) is 0 Å². The SMILES string of the molecule is Nc1ncccc1Nc1ccc(I)cc1Cl. The van der Waals surface area contributed by atoms with Crippen LogP contribution in [0.25, 0.3) is 0 Å². The smallest absolute Gasteiger partial charge is 0.147 e. The molecule has 16 heavy (non-hydrogen) atoms. The number of halogens is 2. The van der Waals surface area contributed by atoms with Crippen molar-refractivity contribution in [1.29, 1.82) is 0 Å². The standard InChI is InChI=1S/C11H9ClIN3/c12-8-6-7(13)3-4-9(8)16-10-2-1-5-15-11(10)14/h1-6,16H,(H2,14,15). The molecule has 0 saturated heterocycles. The van der Waals surface area contributed by atoms with E-state index in [0.29, 0.717) is 10.8 Å². The summed E-state index contributed by atoms with van der Waals surface area (Å²) < 4.78 is 1.09. The Kier molecular flexibility index (Phi) is 3.50. The van der Waals surface area contributed by atoms with E-state index in [0.717, 1.165) is 14.9 Å². The van der Waals surface area contributed by atoms with Crippen LogP contribution in [0.2, 0.25) is 5.02 Å². The summed E-state index contributed by atoms with van der Waals surface area (Å²) in [7, 11) is 0. The second-order valence-corrected chi connectivity index (χ2v) is 4.84. The van der Waals surface area contributed by atoms with Crippen molar-refractivity contribution < 1.29 is 0 Å². The molecule has 0 aliphatic rings. The first-order chi connectivity index (χ1) is 7.66. The van der Waals surface area contributed by atoms with Crippen molar-refractivity contribution in [2.75, 3.05) is 11.1 Å². The molecule has 0 amide bonds. The number of nitrogens with two attached hydrogens (primary N) is 1. The number of nitrogen functional groups attached to an aromatic ring is 1. The summed E-state index contributed by atoms with van der Waals surface area (Å²) in [5.41, 5.74) is 7.31. The zero-order chi connectivity index (χ0) is 11.5. The summed E-state index contributed by atoms with van der Waals surface area (Å²) >= 11 is 8.31. The monoisotopic (exact) mass is 345 g/mol. The van der Waals surface area contributed by atoms with E-state index < -0.39 is 0 Å². The first-order valence-electron chi connectivity index (χ1n) is 4.59. The molecule has 0 unspecified atom stereocenters. The summed E-state index contributed by atoms with van der Waals surface area (Å²) in [6.45, 7) is 0. The van der Waals surface area contributed by atoms with Crippen molar-refractivity contribution in [2.45, 2.75) is 0 Å². The molecule has 5 heteroatoms. The van der Waals surface area contributed by atoms with E-state index in [-0.39, 0.29) is 0 Å². The molecule has 2 aromatic rings. The minimum Gasteiger partial charge on any atom is -0.382 e. The summed E-state index contributed by atoms with van der Waals surface area (Å²) in [4.78, 5) is 3.99. The Hall–Kier alpha value is -1.01. The first kappa shape index (κ1) is 11.5. The number of hydrogen-bond acceptors (Lipinski definition) is 3. The van der Waals surface area contributed by atoms with Gasteiger partial charge in [0, 0.05) is 9.77 Å². The van der Waals surface area contributed by atoms with E-state index in [4.69, 9.17) is 17.3 Å². The van der Waals surface area contributed by atoms with Crippen LogP contribution in [0.4, 0.5) is 17.2 Å². The molecule has 0 spiro atoms. The number of nitrogens with zero attached hydrogens (tertiary/aromatic N) is 1. The lowest BCUT2D eigenvalue weighted by molar-refractivity contribution is 1.33. The third-order valence-electron chi connectivity index (χ3n) is 2.04. The van der Waals surface area contributed by atoms with Gasteiger partial charge in [-0.2, -0.15) is 0 Å². The van der Waals surface area contributed by atoms with Crippen LogP contribution in [-0.2, 0) is 0 Å².